The van der Waals surface area contributed by atoms with Crippen LogP contribution in [0.15, 0.2) is 91.0 Å². The van der Waals surface area contributed by atoms with Gasteiger partial charge in [0.05, 0.1) is 18.2 Å². The molecule has 0 bridgehead atoms. The molecule has 1 aliphatic rings. The van der Waals surface area contributed by atoms with E-state index in [0.717, 1.165) is 24.3 Å². The van der Waals surface area contributed by atoms with Crippen LogP contribution < -0.4 is 25.6 Å². The average molecular weight is 664 g/mol. The van der Waals surface area contributed by atoms with Gasteiger partial charge in [-0.3, -0.25) is 9.59 Å². The zero-order valence-electron chi connectivity index (χ0n) is 25.9. The van der Waals surface area contributed by atoms with Gasteiger partial charge in [0, 0.05) is 55.3 Å². The molecule has 250 valence electrons. The third-order valence-electron chi connectivity index (χ3n) is 7.80. The predicted octanol–water partition coefficient (Wildman–Crippen LogP) is 6.78. The van der Waals surface area contributed by atoms with Gasteiger partial charge in [0.15, 0.2) is 0 Å². The quantitative estimate of drug-likeness (QED) is 0.181. The molecule has 3 N–H and O–H groups in total. The minimum atomic E-state index is -4.51. The van der Waals surface area contributed by atoms with Crippen LogP contribution in [-0.2, 0) is 12.7 Å². The number of rotatable bonds is 8. The second-order valence-electron chi connectivity index (χ2n) is 11.1. The first-order valence-electron chi connectivity index (χ1n) is 15.1. The van der Waals surface area contributed by atoms with Crippen LogP contribution in [0.5, 0.6) is 5.75 Å². The van der Waals surface area contributed by atoms with Gasteiger partial charge in [-0.15, -0.1) is 0 Å². The van der Waals surface area contributed by atoms with E-state index >= 15 is 0 Å². The van der Waals surface area contributed by atoms with E-state index in [4.69, 9.17) is 4.74 Å². The molecule has 1 fully saturated rings. The molecule has 0 atom stereocenters. The van der Waals surface area contributed by atoms with Crippen molar-refractivity contribution in [2.45, 2.75) is 19.1 Å². The standard InChI is InChI=1S/C35H33F4N5O4/c1-48-29-14-5-24(6-15-29)33(46)44-18-2-17-43(19-20-44)31-16-13-28(21-30(31)32(45)40-22-23-3-9-26(36)10-4-23)42-34(47)41-27-11-7-25(8-12-27)35(37,38)39/h3-16,21H,2,17-20,22H2,1H3,(H,40,45)(H2,41,42,47). The van der Waals surface area contributed by atoms with Gasteiger partial charge in [-0.2, -0.15) is 13.2 Å². The number of alkyl halides is 3. The summed E-state index contributed by atoms with van der Waals surface area (Å²) in [5, 5.41) is 7.96. The number of methoxy groups -OCH3 is 1. The Balaban J connectivity index is 1.32. The molecule has 0 aromatic heterocycles. The lowest BCUT2D eigenvalue weighted by molar-refractivity contribution is -0.137. The molecule has 0 radical (unpaired) electrons. The fraction of sp³-hybridized carbons (Fsp3) is 0.229. The minimum absolute atomic E-state index is 0.115. The summed E-state index contributed by atoms with van der Waals surface area (Å²) in [6, 6.07) is 20.7. The van der Waals surface area contributed by atoms with Crippen LogP contribution in [0.4, 0.5) is 39.4 Å². The van der Waals surface area contributed by atoms with Crippen molar-refractivity contribution in [2.24, 2.45) is 0 Å². The molecular weight excluding hydrogens is 630 g/mol. The number of hydrogen-bond acceptors (Lipinski definition) is 5. The Morgan fingerprint density at radius 2 is 1.46 bits per heavy atom. The molecule has 4 aromatic carbocycles. The molecule has 1 aliphatic heterocycles. The van der Waals surface area contributed by atoms with Crippen LogP contribution in [0, 0.1) is 5.82 Å². The van der Waals surface area contributed by atoms with E-state index < -0.39 is 29.5 Å². The lowest BCUT2D eigenvalue weighted by atomic mass is 10.1. The van der Waals surface area contributed by atoms with Crippen molar-refractivity contribution in [1.82, 2.24) is 10.2 Å². The summed E-state index contributed by atoms with van der Waals surface area (Å²) in [6.07, 6.45) is -3.87. The predicted molar refractivity (Wildman–Crippen MR) is 174 cm³/mol. The molecular formula is C35H33F4N5O4. The van der Waals surface area contributed by atoms with Crippen molar-refractivity contribution < 1.29 is 36.7 Å². The summed E-state index contributed by atoms with van der Waals surface area (Å²) in [5.41, 5.74) is 1.61. The summed E-state index contributed by atoms with van der Waals surface area (Å²) in [6.45, 7) is 2.01. The number of halogens is 4. The van der Waals surface area contributed by atoms with E-state index in [2.05, 4.69) is 16.0 Å². The second kappa shape index (κ2) is 14.9. The van der Waals surface area contributed by atoms with E-state index in [-0.39, 0.29) is 29.4 Å². The Labute approximate surface area is 274 Å². The lowest BCUT2D eigenvalue weighted by Gasteiger charge is -2.26. The number of carbonyl (C=O) groups excluding carboxylic acids is 3. The summed E-state index contributed by atoms with van der Waals surface area (Å²) in [5.74, 6) is -0.317. The molecule has 4 amide bonds. The van der Waals surface area contributed by atoms with Crippen LogP contribution >= 0.6 is 0 Å². The first kappa shape index (κ1) is 33.8. The molecule has 13 heteroatoms. The molecule has 5 rings (SSSR count). The Morgan fingerprint density at radius 3 is 2.12 bits per heavy atom. The SMILES string of the molecule is COc1ccc(C(=O)N2CCCN(c3ccc(NC(=O)Nc4ccc(C(F)(F)F)cc4)cc3C(=O)NCc3ccc(F)cc3)CC2)cc1. The van der Waals surface area contributed by atoms with Gasteiger partial charge in [-0.25, -0.2) is 9.18 Å². The van der Waals surface area contributed by atoms with E-state index in [9.17, 15) is 31.9 Å². The van der Waals surface area contributed by atoms with E-state index in [0.29, 0.717) is 55.2 Å². The smallest absolute Gasteiger partial charge is 0.416 e. The number of amides is 4. The van der Waals surface area contributed by atoms with Crippen LogP contribution in [0.3, 0.4) is 0 Å². The number of nitrogens with zero attached hydrogens (tertiary/aromatic N) is 2. The van der Waals surface area contributed by atoms with Gasteiger partial charge in [-0.05, 0) is 90.8 Å². The van der Waals surface area contributed by atoms with Crippen LogP contribution in [0.1, 0.15) is 38.3 Å². The highest BCUT2D eigenvalue weighted by molar-refractivity contribution is 6.04. The summed E-state index contributed by atoms with van der Waals surface area (Å²) in [4.78, 5) is 43.3. The highest BCUT2D eigenvalue weighted by Crippen LogP contribution is 2.30. The molecule has 48 heavy (non-hydrogen) atoms. The monoisotopic (exact) mass is 663 g/mol. The van der Waals surface area contributed by atoms with Gasteiger partial charge < -0.3 is 30.5 Å². The largest absolute Gasteiger partial charge is 0.497 e. The number of nitrogens with one attached hydrogen (secondary N) is 3. The minimum Gasteiger partial charge on any atom is -0.497 e. The molecule has 0 unspecified atom stereocenters. The number of ether oxygens (including phenoxy) is 1. The van der Waals surface area contributed by atoms with Crippen molar-refractivity contribution >= 4 is 34.9 Å². The van der Waals surface area contributed by atoms with Gasteiger partial charge in [0.2, 0.25) is 0 Å². The van der Waals surface area contributed by atoms with Crippen LogP contribution in [0.2, 0.25) is 0 Å². The van der Waals surface area contributed by atoms with E-state index in [1.54, 1.807) is 60.5 Å². The maximum atomic E-state index is 13.6. The van der Waals surface area contributed by atoms with Gasteiger partial charge in [0.1, 0.15) is 11.6 Å². The third-order valence-corrected chi connectivity index (χ3v) is 7.80. The van der Waals surface area contributed by atoms with Crippen molar-refractivity contribution in [3.63, 3.8) is 0 Å². The first-order valence-corrected chi connectivity index (χ1v) is 15.1. The number of hydrogen-bond donors (Lipinski definition) is 3. The van der Waals surface area contributed by atoms with Crippen molar-refractivity contribution in [1.29, 1.82) is 0 Å². The normalized spacial score (nSPS) is 13.4. The maximum Gasteiger partial charge on any atom is 0.416 e. The number of urea groups is 1. The average Bonchev–Trinajstić information content (AvgIpc) is 3.34. The second-order valence-corrected chi connectivity index (χ2v) is 11.1. The lowest BCUT2D eigenvalue weighted by Crippen LogP contribution is -2.36. The fourth-order valence-corrected chi connectivity index (χ4v) is 5.26. The van der Waals surface area contributed by atoms with Crippen LogP contribution in [0.25, 0.3) is 0 Å². The Bertz CT molecular complexity index is 1750. The number of anilines is 3. The van der Waals surface area contributed by atoms with Crippen LogP contribution in [-0.4, -0.2) is 56.0 Å². The summed E-state index contributed by atoms with van der Waals surface area (Å²) in [7, 11) is 1.55. The Kier molecular flexibility index (Phi) is 10.5. The molecule has 4 aromatic rings. The number of benzene rings is 4. The van der Waals surface area contributed by atoms with Gasteiger partial charge in [-0.1, -0.05) is 12.1 Å². The highest BCUT2D eigenvalue weighted by atomic mass is 19.4. The van der Waals surface area contributed by atoms with Crippen molar-refractivity contribution in [3.8, 4) is 5.75 Å². The molecule has 0 spiro atoms. The Hall–Kier alpha value is -5.59. The highest BCUT2D eigenvalue weighted by Gasteiger charge is 2.30. The van der Waals surface area contributed by atoms with Crippen molar-refractivity contribution in [2.75, 3.05) is 48.8 Å². The molecule has 1 heterocycles. The maximum absolute atomic E-state index is 13.6. The topological polar surface area (TPSA) is 103 Å². The summed E-state index contributed by atoms with van der Waals surface area (Å²) >= 11 is 0. The summed E-state index contributed by atoms with van der Waals surface area (Å²) < 4.78 is 57.3. The van der Waals surface area contributed by atoms with Gasteiger partial charge >= 0.3 is 12.2 Å². The van der Waals surface area contributed by atoms with E-state index in [1.807, 2.05) is 4.90 Å². The van der Waals surface area contributed by atoms with Crippen molar-refractivity contribution in [3.05, 3.63) is 119 Å². The zero-order valence-corrected chi connectivity index (χ0v) is 25.9. The molecule has 0 aliphatic carbocycles. The molecule has 0 saturated carbocycles. The van der Waals surface area contributed by atoms with Gasteiger partial charge in [0.25, 0.3) is 11.8 Å². The molecule has 9 nitrogen and oxygen atoms in total. The first-order chi connectivity index (χ1) is 23.0. The zero-order chi connectivity index (χ0) is 34.3. The fourth-order valence-electron chi connectivity index (χ4n) is 5.26. The Morgan fingerprint density at radius 1 is 0.792 bits per heavy atom. The molecule has 1 saturated heterocycles. The van der Waals surface area contributed by atoms with E-state index in [1.165, 1.54) is 18.2 Å². The number of carbonyl (C=O) groups is 3. The third kappa shape index (κ3) is 8.60.